The predicted octanol–water partition coefficient (Wildman–Crippen LogP) is 3.27. The Bertz CT molecular complexity index is 751. The van der Waals surface area contributed by atoms with Gasteiger partial charge in [-0.15, -0.1) is 24.0 Å². The van der Waals surface area contributed by atoms with Gasteiger partial charge in [-0.1, -0.05) is 18.2 Å². The molecule has 7 heteroatoms. The molecule has 0 saturated carbocycles. The fraction of sp³-hybridized carbons (Fsp3) is 0.500. The summed E-state index contributed by atoms with van der Waals surface area (Å²) in [6, 6.07) is 10.1. The molecule has 0 aliphatic carbocycles. The first-order chi connectivity index (χ1) is 12.6. The second kappa shape index (κ2) is 9.96. The Kier molecular flexibility index (Phi) is 7.94. The number of piperidine rings is 1. The molecule has 0 atom stereocenters. The van der Waals surface area contributed by atoms with Gasteiger partial charge in [-0.2, -0.15) is 5.10 Å². The van der Waals surface area contributed by atoms with Crippen molar-refractivity contribution in [2.45, 2.75) is 39.3 Å². The van der Waals surface area contributed by atoms with Crippen molar-refractivity contribution in [1.29, 1.82) is 0 Å². The Morgan fingerprint density at radius 2 is 1.89 bits per heavy atom. The van der Waals surface area contributed by atoms with Crippen molar-refractivity contribution in [3.63, 3.8) is 0 Å². The minimum Gasteiger partial charge on any atom is -0.490 e. The molecule has 2 aromatic rings. The Labute approximate surface area is 179 Å². The van der Waals surface area contributed by atoms with Crippen LogP contribution in [0.15, 0.2) is 35.3 Å². The average Bonchev–Trinajstić information content (AvgIpc) is 2.90. The number of para-hydroxylation sites is 1. The van der Waals surface area contributed by atoms with E-state index in [0.29, 0.717) is 0 Å². The van der Waals surface area contributed by atoms with Crippen molar-refractivity contribution in [2.75, 3.05) is 20.1 Å². The van der Waals surface area contributed by atoms with Gasteiger partial charge in [-0.25, -0.2) is 0 Å². The fourth-order valence-electron chi connectivity index (χ4n) is 3.45. The molecule has 0 spiro atoms. The Balaban J connectivity index is 0.00000261. The number of hydrogen-bond acceptors (Lipinski definition) is 3. The number of hydrogen-bond donors (Lipinski definition) is 1. The molecule has 1 aliphatic heterocycles. The number of aromatic nitrogens is 2. The van der Waals surface area contributed by atoms with E-state index < -0.39 is 0 Å². The van der Waals surface area contributed by atoms with E-state index in [1.165, 1.54) is 11.3 Å². The maximum Gasteiger partial charge on any atom is 0.193 e. The van der Waals surface area contributed by atoms with E-state index in [-0.39, 0.29) is 30.1 Å². The van der Waals surface area contributed by atoms with Crippen LogP contribution in [0.3, 0.4) is 0 Å². The second-order valence-corrected chi connectivity index (χ2v) is 6.79. The third kappa shape index (κ3) is 5.37. The number of halogens is 1. The maximum atomic E-state index is 6.08. The first-order valence-electron chi connectivity index (χ1n) is 9.25. The normalized spacial score (nSPS) is 15.4. The van der Waals surface area contributed by atoms with Crippen molar-refractivity contribution in [3.05, 3.63) is 47.3 Å². The smallest absolute Gasteiger partial charge is 0.193 e. The van der Waals surface area contributed by atoms with E-state index >= 15 is 0 Å². The zero-order valence-corrected chi connectivity index (χ0v) is 18.9. The van der Waals surface area contributed by atoms with Crippen LogP contribution in [0.1, 0.15) is 29.8 Å². The molecule has 0 amide bonds. The van der Waals surface area contributed by atoms with Gasteiger partial charge < -0.3 is 15.0 Å². The van der Waals surface area contributed by atoms with Gasteiger partial charge in [0, 0.05) is 57.8 Å². The SMILES string of the molecule is CN=C(NCc1c(C)nn(C)c1C)N1CCC(Oc2ccccc2)CC1.I. The van der Waals surface area contributed by atoms with Crippen LogP contribution >= 0.6 is 24.0 Å². The Morgan fingerprint density at radius 1 is 1.22 bits per heavy atom. The van der Waals surface area contributed by atoms with Gasteiger partial charge in [-0.3, -0.25) is 9.67 Å². The summed E-state index contributed by atoms with van der Waals surface area (Å²) in [6.45, 7) is 6.80. The molecule has 1 N–H and O–H groups in total. The van der Waals surface area contributed by atoms with Crippen molar-refractivity contribution < 1.29 is 4.74 Å². The first-order valence-corrected chi connectivity index (χ1v) is 9.25. The van der Waals surface area contributed by atoms with Crippen LogP contribution in [-0.2, 0) is 13.6 Å². The van der Waals surface area contributed by atoms with Crippen LogP contribution in [0.25, 0.3) is 0 Å². The molecule has 1 saturated heterocycles. The number of ether oxygens (including phenoxy) is 1. The molecule has 0 radical (unpaired) electrons. The lowest BCUT2D eigenvalue weighted by Gasteiger charge is -2.34. The highest BCUT2D eigenvalue weighted by atomic mass is 127. The molecular weight excluding hydrogens is 453 g/mol. The minimum atomic E-state index is 0. The largest absolute Gasteiger partial charge is 0.490 e. The highest BCUT2D eigenvalue weighted by Crippen LogP contribution is 2.19. The van der Waals surface area contributed by atoms with E-state index in [4.69, 9.17) is 4.74 Å². The van der Waals surface area contributed by atoms with Crippen LogP contribution in [-0.4, -0.2) is 46.9 Å². The molecular formula is C20H30IN5O. The van der Waals surface area contributed by atoms with Crippen LogP contribution in [0.2, 0.25) is 0 Å². The molecule has 1 fully saturated rings. The highest BCUT2D eigenvalue weighted by molar-refractivity contribution is 14.0. The van der Waals surface area contributed by atoms with Gasteiger partial charge in [0.15, 0.2) is 5.96 Å². The molecule has 0 unspecified atom stereocenters. The molecule has 0 bridgehead atoms. The molecule has 148 valence electrons. The molecule has 1 aromatic heterocycles. The van der Waals surface area contributed by atoms with Crippen LogP contribution in [0.4, 0.5) is 0 Å². The summed E-state index contributed by atoms with van der Waals surface area (Å²) in [5.74, 6) is 1.90. The van der Waals surface area contributed by atoms with Crippen molar-refractivity contribution in [2.24, 2.45) is 12.0 Å². The summed E-state index contributed by atoms with van der Waals surface area (Å²) >= 11 is 0. The van der Waals surface area contributed by atoms with E-state index in [1.54, 1.807) is 0 Å². The summed E-state index contributed by atoms with van der Waals surface area (Å²) in [4.78, 5) is 6.78. The standard InChI is InChI=1S/C20H29N5O.HI/c1-15-19(16(2)24(4)23-15)14-22-20(21-3)25-12-10-18(11-13-25)26-17-8-6-5-7-9-17;/h5-9,18H,10-14H2,1-4H3,(H,21,22);1H. The fourth-order valence-corrected chi connectivity index (χ4v) is 3.45. The first kappa shape index (κ1) is 21.5. The quantitative estimate of drug-likeness (QED) is 0.412. The monoisotopic (exact) mass is 483 g/mol. The van der Waals surface area contributed by atoms with Crippen LogP contribution in [0.5, 0.6) is 5.75 Å². The maximum absolute atomic E-state index is 6.08. The molecule has 1 aromatic carbocycles. The molecule has 3 rings (SSSR count). The summed E-state index contributed by atoms with van der Waals surface area (Å²) < 4.78 is 8.01. The van der Waals surface area contributed by atoms with E-state index in [1.807, 2.05) is 49.1 Å². The molecule has 27 heavy (non-hydrogen) atoms. The zero-order valence-electron chi connectivity index (χ0n) is 16.6. The number of benzene rings is 1. The number of aryl methyl sites for hydroxylation is 2. The van der Waals surface area contributed by atoms with E-state index in [9.17, 15) is 0 Å². The third-order valence-electron chi connectivity index (χ3n) is 5.08. The van der Waals surface area contributed by atoms with Crippen LogP contribution in [0, 0.1) is 13.8 Å². The number of likely N-dealkylation sites (tertiary alicyclic amines) is 1. The Morgan fingerprint density at radius 3 is 2.44 bits per heavy atom. The molecule has 2 heterocycles. The van der Waals surface area contributed by atoms with Crippen molar-refractivity contribution >= 4 is 29.9 Å². The summed E-state index contributed by atoms with van der Waals surface area (Å²) in [5, 5.41) is 7.98. The summed E-state index contributed by atoms with van der Waals surface area (Å²) in [5.41, 5.74) is 3.51. The van der Waals surface area contributed by atoms with E-state index in [2.05, 4.69) is 34.2 Å². The predicted molar refractivity (Wildman–Crippen MR) is 120 cm³/mol. The number of guanidine groups is 1. The highest BCUT2D eigenvalue weighted by Gasteiger charge is 2.23. The lowest BCUT2D eigenvalue weighted by molar-refractivity contribution is 0.129. The third-order valence-corrected chi connectivity index (χ3v) is 5.08. The van der Waals surface area contributed by atoms with Gasteiger partial charge >= 0.3 is 0 Å². The van der Waals surface area contributed by atoms with Crippen LogP contribution < -0.4 is 10.1 Å². The number of rotatable bonds is 4. The average molecular weight is 483 g/mol. The summed E-state index contributed by atoms with van der Waals surface area (Å²) in [7, 11) is 3.83. The van der Waals surface area contributed by atoms with Gasteiger partial charge in [0.05, 0.1) is 5.69 Å². The topological polar surface area (TPSA) is 54.7 Å². The van der Waals surface area contributed by atoms with Crippen molar-refractivity contribution in [1.82, 2.24) is 20.0 Å². The number of nitrogens with zero attached hydrogens (tertiary/aromatic N) is 4. The second-order valence-electron chi connectivity index (χ2n) is 6.79. The molecule has 6 nitrogen and oxygen atoms in total. The van der Waals surface area contributed by atoms with Gasteiger partial charge in [0.1, 0.15) is 11.9 Å². The lowest BCUT2D eigenvalue weighted by atomic mass is 10.1. The summed E-state index contributed by atoms with van der Waals surface area (Å²) in [6.07, 6.45) is 2.27. The van der Waals surface area contributed by atoms with Crippen molar-refractivity contribution in [3.8, 4) is 5.75 Å². The molecule has 1 aliphatic rings. The number of nitrogens with one attached hydrogen (secondary N) is 1. The lowest BCUT2D eigenvalue weighted by Crippen LogP contribution is -2.47. The Hall–Kier alpha value is -1.77. The van der Waals surface area contributed by atoms with Gasteiger partial charge in [-0.05, 0) is 26.0 Å². The van der Waals surface area contributed by atoms with Gasteiger partial charge in [0.25, 0.3) is 0 Å². The van der Waals surface area contributed by atoms with E-state index in [0.717, 1.165) is 49.9 Å². The number of aliphatic imine (C=N–C) groups is 1. The zero-order chi connectivity index (χ0) is 18.5. The van der Waals surface area contributed by atoms with Gasteiger partial charge in [0.2, 0.25) is 0 Å². The minimum absolute atomic E-state index is 0.